The molecule has 3 heterocycles. The molecule has 0 radical (unpaired) electrons. The van der Waals surface area contributed by atoms with Gasteiger partial charge in [0.15, 0.2) is 9.47 Å². The number of hydrogen-bond acceptors (Lipinski definition) is 7. The molecule has 0 aliphatic carbocycles. The standard InChI is InChI=1S/C22H20N4OS3/c27-20(25-10-12-26(13-11-25)21-23-9-14-28-21)17-7-5-16(6-8-17)15-29-22-24-18-3-1-2-4-19(18)30-22/h1-9,14H,10-13,15H2. The Labute approximate surface area is 187 Å². The van der Waals surface area contributed by atoms with E-state index in [1.54, 1.807) is 34.4 Å². The summed E-state index contributed by atoms with van der Waals surface area (Å²) in [5, 5.41) is 3.03. The number of carbonyl (C=O) groups excluding carboxylic acids is 1. The minimum atomic E-state index is 0.110. The summed E-state index contributed by atoms with van der Waals surface area (Å²) in [5.74, 6) is 0.958. The molecule has 1 amide bonds. The van der Waals surface area contributed by atoms with Gasteiger partial charge < -0.3 is 9.80 Å². The normalized spacial score (nSPS) is 14.4. The van der Waals surface area contributed by atoms with Crippen LogP contribution in [0.15, 0.2) is 64.4 Å². The van der Waals surface area contributed by atoms with Gasteiger partial charge in [-0.2, -0.15) is 0 Å². The first-order chi connectivity index (χ1) is 14.8. The summed E-state index contributed by atoms with van der Waals surface area (Å²) < 4.78 is 2.30. The molecule has 0 spiro atoms. The topological polar surface area (TPSA) is 49.3 Å². The Morgan fingerprint density at radius 2 is 1.83 bits per heavy atom. The van der Waals surface area contributed by atoms with Crippen LogP contribution in [-0.4, -0.2) is 47.0 Å². The first-order valence-corrected chi connectivity index (χ1v) is 12.5. The van der Waals surface area contributed by atoms with Gasteiger partial charge in [0.2, 0.25) is 0 Å². The van der Waals surface area contributed by atoms with Crippen LogP contribution in [0.2, 0.25) is 0 Å². The predicted octanol–water partition coefficient (Wildman–Crippen LogP) is 5.01. The monoisotopic (exact) mass is 452 g/mol. The molecule has 1 saturated heterocycles. The van der Waals surface area contributed by atoms with Crippen LogP contribution in [0.1, 0.15) is 15.9 Å². The highest BCUT2D eigenvalue weighted by Crippen LogP contribution is 2.31. The van der Waals surface area contributed by atoms with Crippen LogP contribution in [0.4, 0.5) is 5.13 Å². The Hall–Kier alpha value is -2.42. The fourth-order valence-corrected chi connectivity index (χ4v) is 6.18. The smallest absolute Gasteiger partial charge is 0.253 e. The summed E-state index contributed by atoms with van der Waals surface area (Å²) in [4.78, 5) is 26.1. The summed E-state index contributed by atoms with van der Waals surface area (Å²) in [6.45, 7) is 3.12. The lowest BCUT2D eigenvalue weighted by atomic mass is 10.1. The fraction of sp³-hybridized carbons (Fsp3) is 0.227. The number of anilines is 1. The van der Waals surface area contributed by atoms with E-state index in [9.17, 15) is 4.79 Å². The second kappa shape index (κ2) is 8.75. The van der Waals surface area contributed by atoms with Crippen LogP contribution in [0, 0.1) is 0 Å². The molecule has 2 aromatic carbocycles. The molecule has 30 heavy (non-hydrogen) atoms. The highest BCUT2D eigenvalue weighted by molar-refractivity contribution is 8.00. The number of fused-ring (bicyclic) bond motifs is 1. The summed E-state index contributed by atoms with van der Waals surface area (Å²) in [7, 11) is 0. The number of piperazine rings is 1. The van der Waals surface area contributed by atoms with Gasteiger partial charge in [0.05, 0.1) is 10.2 Å². The minimum absolute atomic E-state index is 0.110. The lowest BCUT2D eigenvalue weighted by molar-refractivity contribution is 0.0747. The summed E-state index contributed by atoms with van der Waals surface area (Å²) in [6.07, 6.45) is 1.83. The molecule has 0 unspecified atom stereocenters. The van der Waals surface area contributed by atoms with Gasteiger partial charge >= 0.3 is 0 Å². The van der Waals surface area contributed by atoms with Crippen molar-refractivity contribution in [2.75, 3.05) is 31.1 Å². The first kappa shape index (κ1) is 19.5. The quantitative estimate of drug-likeness (QED) is 0.399. The number of benzene rings is 2. The molecule has 0 N–H and O–H groups in total. The SMILES string of the molecule is O=C(c1ccc(CSc2nc3ccccc3s2)cc1)N1CCN(c2nccs2)CC1. The van der Waals surface area contributed by atoms with Crippen LogP contribution in [-0.2, 0) is 5.75 Å². The average Bonchev–Trinajstić information content (AvgIpc) is 3.47. The Morgan fingerprint density at radius 3 is 2.57 bits per heavy atom. The molecule has 4 aromatic rings. The van der Waals surface area contributed by atoms with E-state index < -0.39 is 0 Å². The van der Waals surface area contributed by atoms with Crippen molar-refractivity contribution in [1.29, 1.82) is 0 Å². The van der Waals surface area contributed by atoms with Gasteiger partial charge in [-0.1, -0.05) is 36.0 Å². The van der Waals surface area contributed by atoms with Crippen LogP contribution in [0.3, 0.4) is 0 Å². The summed E-state index contributed by atoms with van der Waals surface area (Å²) in [5.41, 5.74) is 3.01. The van der Waals surface area contributed by atoms with Gasteiger partial charge in [-0.3, -0.25) is 4.79 Å². The summed E-state index contributed by atoms with van der Waals surface area (Å²) >= 11 is 5.11. The zero-order chi connectivity index (χ0) is 20.3. The number of aromatic nitrogens is 2. The molecule has 1 fully saturated rings. The van der Waals surface area contributed by atoms with Gasteiger partial charge in [-0.15, -0.1) is 22.7 Å². The van der Waals surface area contributed by atoms with Crippen molar-refractivity contribution in [1.82, 2.24) is 14.9 Å². The lowest BCUT2D eigenvalue weighted by Crippen LogP contribution is -2.48. The highest BCUT2D eigenvalue weighted by Gasteiger charge is 2.23. The van der Waals surface area contributed by atoms with Crippen molar-refractivity contribution in [3.8, 4) is 0 Å². The number of para-hydroxylation sites is 1. The average molecular weight is 453 g/mol. The molecule has 5 rings (SSSR count). The van der Waals surface area contributed by atoms with E-state index in [-0.39, 0.29) is 5.91 Å². The second-order valence-electron chi connectivity index (χ2n) is 7.03. The number of thioether (sulfide) groups is 1. The van der Waals surface area contributed by atoms with Crippen molar-refractivity contribution in [3.63, 3.8) is 0 Å². The van der Waals surface area contributed by atoms with Crippen LogP contribution in [0.5, 0.6) is 0 Å². The molecular formula is C22H20N4OS3. The van der Waals surface area contributed by atoms with E-state index in [4.69, 9.17) is 0 Å². The Kier molecular flexibility index (Phi) is 5.70. The largest absolute Gasteiger partial charge is 0.345 e. The molecule has 5 nitrogen and oxygen atoms in total. The van der Waals surface area contributed by atoms with Crippen molar-refractivity contribution >= 4 is 55.7 Å². The minimum Gasteiger partial charge on any atom is -0.345 e. The summed E-state index contributed by atoms with van der Waals surface area (Å²) in [6, 6.07) is 16.2. The van der Waals surface area contributed by atoms with E-state index in [1.807, 2.05) is 46.8 Å². The van der Waals surface area contributed by atoms with Crippen molar-refractivity contribution in [3.05, 3.63) is 71.2 Å². The molecule has 1 aliphatic rings. The second-order valence-corrected chi connectivity index (χ2v) is 10.2. The van der Waals surface area contributed by atoms with Gasteiger partial charge in [0.1, 0.15) is 0 Å². The number of hydrogen-bond donors (Lipinski definition) is 0. The number of carbonyl (C=O) groups is 1. The maximum atomic E-state index is 12.9. The molecule has 8 heteroatoms. The van der Waals surface area contributed by atoms with E-state index in [1.165, 1.54) is 10.3 Å². The fourth-order valence-electron chi connectivity index (χ4n) is 3.46. The molecule has 0 bridgehead atoms. The molecule has 0 saturated carbocycles. The molecule has 0 atom stereocenters. The van der Waals surface area contributed by atoms with E-state index in [2.05, 4.69) is 33.1 Å². The van der Waals surface area contributed by atoms with E-state index in [0.717, 1.165) is 52.5 Å². The maximum absolute atomic E-state index is 12.9. The molecule has 152 valence electrons. The van der Waals surface area contributed by atoms with Crippen molar-refractivity contribution < 1.29 is 4.79 Å². The number of nitrogens with zero attached hydrogens (tertiary/aromatic N) is 4. The first-order valence-electron chi connectivity index (χ1n) is 9.77. The number of amides is 1. The third-order valence-corrected chi connectivity index (χ3v) is 8.18. The Bertz CT molecular complexity index is 1100. The van der Waals surface area contributed by atoms with Gasteiger partial charge in [-0.05, 0) is 29.8 Å². The Morgan fingerprint density at radius 1 is 1.03 bits per heavy atom. The Balaban J connectivity index is 1.17. The van der Waals surface area contributed by atoms with Crippen LogP contribution < -0.4 is 4.90 Å². The zero-order valence-electron chi connectivity index (χ0n) is 16.2. The van der Waals surface area contributed by atoms with Crippen LogP contribution >= 0.6 is 34.4 Å². The number of rotatable bonds is 5. The van der Waals surface area contributed by atoms with E-state index >= 15 is 0 Å². The van der Waals surface area contributed by atoms with Gasteiger partial charge in [-0.25, -0.2) is 9.97 Å². The molecule has 2 aromatic heterocycles. The highest BCUT2D eigenvalue weighted by atomic mass is 32.2. The third-order valence-electron chi connectivity index (χ3n) is 5.09. The molecular weight excluding hydrogens is 432 g/mol. The lowest BCUT2D eigenvalue weighted by Gasteiger charge is -2.34. The van der Waals surface area contributed by atoms with Gasteiger partial charge in [0.25, 0.3) is 5.91 Å². The van der Waals surface area contributed by atoms with Gasteiger partial charge in [0, 0.05) is 49.1 Å². The van der Waals surface area contributed by atoms with Crippen LogP contribution in [0.25, 0.3) is 10.2 Å². The van der Waals surface area contributed by atoms with Crippen molar-refractivity contribution in [2.45, 2.75) is 10.1 Å². The number of thiazole rings is 2. The van der Waals surface area contributed by atoms with E-state index in [0.29, 0.717) is 0 Å². The van der Waals surface area contributed by atoms with Crippen molar-refractivity contribution in [2.24, 2.45) is 0 Å². The molecule has 1 aliphatic heterocycles. The maximum Gasteiger partial charge on any atom is 0.253 e. The zero-order valence-corrected chi connectivity index (χ0v) is 18.7. The third kappa shape index (κ3) is 4.21. The predicted molar refractivity (Wildman–Crippen MR) is 126 cm³/mol.